The summed E-state index contributed by atoms with van der Waals surface area (Å²) in [6.07, 6.45) is -0.116. The lowest BCUT2D eigenvalue weighted by molar-refractivity contribution is -0.137. The number of aromatic hydroxyl groups is 1. The normalized spacial score (nSPS) is 25.0. The number of aromatic nitrogens is 1. The number of carbonyl (C=O) groups is 1. The molecule has 2 bridgehead atoms. The number of nitrogens with zero attached hydrogens (tertiary/aromatic N) is 1. The highest BCUT2D eigenvalue weighted by Crippen LogP contribution is 2.48. The van der Waals surface area contributed by atoms with Crippen molar-refractivity contribution in [1.82, 2.24) is 10.3 Å². The van der Waals surface area contributed by atoms with Gasteiger partial charge in [-0.15, -0.1) is 0 Å². The first-order valence-electron chi connectivity index (χ1n) is 10.4. The number of fused-ring (bicyclic) bond motifs is 2. The Morgan fingerprint density at radius 2 is 2.03 bits per heavy atom. The Labute approximate surface area is 178 Å². The molecular formula is C23H25F3N2O3. The van der Waals surface area contributed by atoms with Crippen LogP contribution >= 0.6 is 0 Å². The Bertz CT molecular complexity index is 963. The second-order valence-electron chi connectivity index (χ2n) is 8.61. The molecule has 5 nitrogen and oxygen atoms in total. The molecule has 1 aromatic heterocycles. The predicted molar refractivity (Wildman–Crippen MR) is 107 cm³/mol. The molecule has 2 aromatic rings. The Kier molecular flexibility index (Phi) is 5.92. The van der Waals surface area contributed by atoms with Gasteiger partial charge in [0, 0.05) is 12.2 Å². The van der Waals surface area contributed by atoms with Crippen LogP contribution in [0.3, 0.4) is 0 Å². The minimum atomic E-state index is -4.36. The highest BCUT2D eigenvalue weighted by Gasteiger charge is 2.46. The van der Waals surface area contributed by atoms with Gasteiger partial charge in [0.15, 0.2) is 5.69 Å². The molecule has 0 spiro atoms. The zero-order chi connectivity index (χ0) is 22.2. The van der Waals surface area contributed by atoms with Gasteiger partial charge in [0.05, 0.1) is 18.8 Å². The molecule has 4 rings (SSSR count). The van der Waals surface area contributed by atoms with E-state index >= 15 is 0 Å². The molecule has 2 aliphatic carbocycles. The van der Waals surface area contributed by atoms with Gasteiger partial charge >= 0.3 is 6.18 Å². The second-order valence-corrected chi connectivity index (χ2v) is 8.61. The van der Waals surface area contributed by atoms with E-state index in [1.807, 2.05) is 0 Å². The summed E-state index contributed by atoms with van der Waals surface area (Å²) in [6, 6.07) is 6.90. The Balaban J connectivity index is 1.26. The molecule has 31 heavy (non-hydrogen) atoms. The molecule has 166 valence electrons. The predicted octanol–water partition coefficient (Wildman–Crippen LogP) is 4.48. The Morgan fingerprint density at radius 1 is 1.23 bits per heavy atom. The topological polar surface area (TPSA) is 71.5 Å². The number of benzene rings is 1. The van der Waals surface area contributed by atoms with Gasteiger partial charge in [0.2, 0.25) is 0 Å². The molecule has 2 unspecified atom stereocenters. The maximum Gasteiger partial charge on any atom is 0.416 e. The summed E-state index contributed by atoms with van der Waals surface area (Å²) < 4.78 is 44.2. The number of amides is 1. The summed E-state index contributed by atoms with van der Waals surface area (Å²) in [7, 11) is 0. The Hall–Kier alpha value is -2.61. The maximum atomic E-state index is 12.8. The largest absolute Gasteiger partial charge is 0.505 e. The molecule has 2 N–H and O–H groups in total. The minimum Gasteiger partial charge on any atom is -0.505 e. The van der Waals surface area contributed by atoms with E-state index in [0.717, 1.165) is 31.4 Å². The van der Waals surface area contributed by atoms with Gasteiger partial charge < -0.3 is 15.2 Å². The number of aryl methyl sites for hydroxylation is 1. The summed E-state index contributed by atoms with van der Waals surface area (Å²) in [4.78, 5) is 16.5. The van der Waals surface area contributed by atoms with Crippen LogP contribution in [-0.2, 0) is 17.5 Å². The highest BCUT2D eigenvalue weighted by molar-refractivity contribution is 5.95. The van der Waals surface area contributed by atoms with Crippen molar-refractivity contribution in [2.24, 2.45) is 17.8 Å². The molecule has 2 saturated carbocycles. The van der Waals surface area contributed by atoms with Gasteiger partial charge in [-0.1, -0.05) is 12.1 Å². The fourth-order valence-corrected chi connectivity index (χ4v) is 4.89. The molecule has 4 atom stereocenters. The van der Waals surface area contributed by atoms with Gasteiger partial charge in [-0.2, -0.15) is 13.2 Å². The summed E-state index contributed by atoms with van der Waals surface area (Å²) in [5, 5.41) is 13.1. The first-order valence-corrected chi connectivity index (χ1v) is 10.4. The van der Waals surface area contributed by atoms with E-state index in [0.29, 0.717) is 35.5 Å². The average Bonchev–Trinajstić information content (AvgIpc) is 3.29. The van der Waals surface area contributed by atoms with Crippen molar-refractivity contribution in [1.29, 1.82) is 0 Å². The molecule has 2 fully saturated rings. The van der Waals surface area contributed by atoms with Crippen molar-refractivity contribution >= 4 is 5.91 Å². The fraction of sp³-hybridized carbons (Fsp3) is 0.478. The quantitative estimate of drug-likeness (QED) is 0.704. The lowest BCUT2D eigenvalue weighted by atomic mass is 9.86. The van der Waals surface area contributed by atoms with Crippen LogP contribution in [-0.4, -0.2) is 28.6 Å². The van der Waals surface area contributed by atoms with Crippen LogP contribution in [0.15, 0.2) is 36.5 Å². The number of hydrogen-bond acceptors (Lipinski definition) is 4. The number of rotatable bonds is 6. The zero-order valence-corrected chi connectivity index (χ0v) is 17.2. The van der Waals surface area contributed by atoms with Crippen molar-refractivity contribution in [2.75, 3.05) is 6.61 Å². The molecule has 0 saturated heterocycles. The summed E-state index contributed by atoms with van der Waals surface area (Å²) in [5.74, 6) is 0.633. The van der Waals surface area contributed by atoms with Crippen LogP contribution in [0.4, 0.5) is 13.2 Å². The maximum absolute atomic E-state index is 12.8. The van der Waals surface area contributed by atoms with Crippen molar-refractivity contribution < 1.29 is 27.8 Å². The molecule has 1 aromatic carbocycles. The van der Waals surface area contributed by atoms with Gasteiger partial charge in [-0.25, -0.2) is 4.98 Å². The SMILES string of the molecule is Cc1ccnc(C(=O)N[C@@H]2CC3CC2C[C@@H]3COCc2cccc(C(F)(F)F)c2)c1O. The van der Waals surface area contributed by atoms with Gasteiger partial charge in [0.25, 0.3) is 5.91 Å². The van der Waals surface area contributed by atoms with Crippen LogP contribution in [0.1, 0.15) is 46.4 Å². The second kappa shape index (κ2) is 8.49. The van der Waals surface area contributed by atoms with Gasteiger partial charge in [-0.3, -0.25) is 4.79 Å². The number of ether oxygens (including phenoxy) is 1. The lowest BCUT2D eigenvalue weighted by Crippen LogP contribution is -2.40. The lowest BCUT2D eigenvalue weighted by Gasteiger charge is -2.28. The van der Waals surface area contributed by atoms with Gasteiger partial charge in [0.1, 0.15) is 5.75 Å². The number of pyridine rings is 1. The van der Waals surface area contributed by atoms with Crippen LogP contribution < -0.4 is 5.32 Å². The first-order chi connectivity index (χ1) is 14.7. The molecule has 1 amide bonds. The van der Waals surface area contributed by atoms with Gasteiger partial charge in [-0.05, 0) is 73.3 Å². The third kappa shape index (κ3) is 4.69. The molecule has 8 heteroatoms. The van der Waals surface area contributed by atoms with E-state index in [1.165, 1.54) is 12.3 Å². The van der Waals surface area contributed by atoms with E-state index in [1.54, 1.807) is 19.1 Å². The number of hydrogen-bond donors (Lipinski definition) is 2. The number of halogens is 3. The van der Waals surface area contributed by atoms with Crippen LogP contribution in [0.25, 0.3) is 0 Å². The van der Waals surface area contributed by atoms with E-state index in [4.69, 9.17) is 4.74 Å². The zero-order valence-electron chi connectivity index (χ0n) is 17.2. The molecular weight excluding hydrogens is 409 g/mol. The Morgan fingerprint density at radius 3 is 2.74 bits per heavy atom. The number of nitrogens with one attached hydrogen (secondary N) is 1. The van der Waals surface area contributed by atoms with Crippen LogP contribution in [0.5, 0.6) is 5.75 Å². The highest BCUT2D eigenvalue weighted by atomic mass is 19.4. The molecule has 0 radical (unpaired) electrons. The standard InChI is InChI=1S/C23H25F3N2O3/c1-13-5-6-27-20(21(13)29)22(30)28-19-10-15-8-16(19)9-17(15)12-31-11-14-3-2-4-18(7-14)23(24,25)26/h2-7,15-17,19,29H,8-12H2,1H3,(H,28,30)/t15?,16?,17-,19-/m1/s1. The van der Waals surface area contributed by atoms with Crippen molar-refractivity contribution in [2.45, 2.75) is 45.0 Å². The molecule has 0 aliphatic heterocycles. The van der Waals surface area contributed by atoms with E-state index in [9.17, 15) is 23.1 Å². The smallest absolute Gasteiger partial charge is 0.416 e. The van der Waals surface area contributed by atoms with Crippen LogP contribution in [0.2, 0.25) is 0 Å². The average molecular weight is 434 g/mol. The van der Waals surface area contributed by atoms with E-state index in [2.05, 4.69) is 10.3 Å². The van der Waals surface area contributed by atoms with E-state index < -0.39 is 11.7 Å². The molecule has 2 aliphatic rings. The molecule has 1 heterocycles. The summed E-state index contributed by atoms with van der Waals surface area (Å²) in [5.41, 5.74) is 0.490. The third-order valence-corrected chi connectivity index (χ3v) is 6.52. The monoisotopic (exact) mass is 434 g/mol. The third-order valence-electron chi connectivity index (χ3n) is 6.52. The van der Waals surface area contributed by atoms with Crippen molar-refractivity contribution in [3.05, 3.63) is 58.9 Å². The fourth-order valence-electron chi connectivity index (χ4n) is 4.89. The van der Waals surface area contributed by atoms with Crippen molar-refractivity contribution in [3.8, 4) is 5.75 Å². The van der Waals surface area contributed by atoms with E-state index in [-0.39, 0.29) is 30.0 Å². The minimum absolute atomic E-state index is 0.0407. The van der Waals surface area contributed by atoms with Crippen LogP contribution in [0, 0.1) is 24.7 Å². The summed E-state index contributed by atoms with van der Waals surface area (Å²) >= 11 is 0. The number of alkyl halides is 3. The van der Waals surface area contributed by atoms with Crippen molar-refractivity contribution in [3.63, 3.8) is 0 Å². The first kappa shape index (κ1) is 21.6. The number of carbonyl (C=O) groups excluding carboxylic acids is 1. The summed E-state index contributed by atoms with van der Waals surface area (Å²) in [6.45, 7) is 2.36.